The molecular weight excluding hydrogens is 226 g/mol. The molecule has 2 rings (SSSR count). The lowest BCUT2D eigenvalue weighted by Gasteiger charge is -2.04. The molecule has 80 valence electrons. The number of hydrogen-bond acceptors (Lipinski definition) is 3. The summed E-state index contributed by atoms with van der Waals surface area (Å²) in [6.07, 6.45) is 4.29. The summed E-state index contributed by atoms with van der Waals surface area (Å²) in [5.74, 6) is -0.247. The third-order valence-corrected chi connectivity index (χ3v) is 2.18. The minimum Gasteiger partial charge on any atom is -0.322 e. The van der Waals surface area contributed by atoms with Crippen LogP contribution in [0.2, 0.25) is 5.02 Å². The quantitative estimate of drug-likeness (QED) is 0.867. The third-order valence-electron chi connectivity index (χ3n) is 1.92. The zero-order valence-corrected chi connectivity index (χ0v) is 8.98. The molecule has 1 aromatic carbocycles. The molecule has 0 aliphatic heterocycles. The van der Waals surface area contributed by atoms with Crippen molar-refractivity contribution in [1.29, 1.82) is 0 Å². The van der Waals surface area contributed by atoms with Crippen LogP contribution in [0.15, 0.2) is 43.0 Å². The molecule has 4 nitrogen and oxygen atoms in total. The number of rotatable bonds is 2. The molecule has 0 saturated heterocycles. The highest BCUT2D eigenvalue weighted by atomic mass is 35.5. The highest BCUT2D eigenvalue weighted by Gasteiger charge is 2.05. The van der Waals surface area contributed by atoms with Crippen LogP contribution in [0, 0.1) is 0 Å². The molecule has 0 bridgehead atoms. The molecule has 0 atom stereocenters. The van der Waals surface area contributed by atoms with E-state index in [0.717, 1.165) is 0 Å². The van der Waals surface area contributed by atoms with Crippen molar-refractivity contribution in [3.8, 4) is 0 Å². The minimum atomic E-state index is -0.247. The molecule has 0 spiro atoms. The SMILES string of the molecule is O=C(Nc1ccc(Cl)cc1)c1cncnc1. The number of carbonyl (C=O) groups is 1. The summed E-state index contributed by atoms with van der Waals surface area (Å²) in [4.78, 5) is 19.2. The summed E-state index contributed by atoms with van der Waals surface area (Å²) < 4.78 is 0. The van der Waals surface area contributed by atoms with Crippen molar-refractivity contribution in [3.63, 3.8) is 0 Å². The Morgan fingerprint density at radius 2 is 1.75 bits per heavy atom. The Morgan fingerprint density at radius 1 is 1.12 bits per heavy atom. The lowest BCUT2D eigenvalue weighted by Crippen LogP contribution is -2.12. The fraction of sp³-hybridized carbons (Fsp3) is 0. The highest BCUT2D eigenvalue weighted by molar-refractivity contribution is 6.30. The van der Waals surface area contributed by atoms with E-state index in [1.165, 1.54) is 18.7 Å². The zero-order chi connectivity index (χ0) is 11.4. The topological polar surface area (TPSA) is 54.9 Å². The molecule has 2 aromatic rings. The Bertz CT molecular complexity index is 484. The number of amides is 1. The summed E-state index contributed by atoms with van der Waals surface area (Å²) in [6.45, 7) is 0. The maximum absolute atomic E-state index is 11.7. The number of halogens is 1. The van der Waals surface area contributed by atoms with E-state index in [1.54, 1.807) is 24.3 Å². The van der Waals surface area contributed by atoms with Gasteiger partial charge >= 0.3 is 0 Å². The zero-order valence-electron chi connectivity index (χ0n) is 8.22. The molecule has 0 radical (unpaired) electrons. The third kappa shape index (κ3) is 2.55. The van der Waals surface area contributed by atoms with E-state index < -0.39 is 0 Å². The number of nitrogens with zero attached hydrogens (tertiary/aromatic N) is 2. The van der Waals surface area contributed by atoms with E-state index in [2.05, 4.69) is 15.3 Å². The number of anilines is 1. The Kier molecular flexibility index (Phi) is 3.12. The van der Waals surface area contributed by atoms with Crippen LogP contribution < -0.4 is 5.32 Å². The summed E-state index contributed by atoms with van der Waals surface area (Å²) in [5.41, 5.74) is 1.09. The molecular formula is C11H8ClN3O. The first-order valence-electron chi connectivity index (χ1n) is 4.57. The van der Waals surface area contributed by atoms with Gasteiger partial charge in [0, 0.05) is 23.1 Å². The Labute approximate surface area is 97.3 Å². The normalized spacial score (nSPS) is 9.81. The van der Waals surface area contributed by atoms with Crippen LogP contribution in [-0.4, -0.2) is 15.9 Å². The predicted molar refractivity (Wildman–Crippen MR) is 61.4 cm³/mol. The first kappa shape index (κ1) is 10.6. The van der Waals surface area contributed by atoms with E-state index in [4.69, 9.17) is 11.6 Å². The van der Waals surface area contributed by atoms with Gasteiger partial charge in [-0.05, 0) is 24.3 Å². The monoisotopic (exact) mass is 233 g/mol. The average molecular weight is 234 g/mol. The molecule has 0 saturated carbocycles. The van der Waals surface area contributed by atoms with Crippen LogP contribution in [0.1, 0.15) is 10.4 Å². The fourth-order valence-corrected chi connectivity index (χ4v) is 1.28. The van der Waals surface area contributed by atoms with Crippen molar-refractivity contribution < 1.29 is 4.79 Å². The molecule has 16 heavy (non-hydrogen) atoms. The second-order valence-electron chi connectivity index (χ2n) is 3.09. The summed E-state index contributed by atoms with van der Waals surface area (Å²) in [7, 11) is 0. The van der Waals surface area contributed by atoms with Crippen LogP contribution in [0.3, 0.4) is 0 Å². The van der Waals surface area contributed by atoms with Gasteiger partial charge in [0.25, 0.3) is 5.91 Å². The Hall–Kier alpha value is -1.94. The smallest absolute Gasteiger partial charge is 0.258 e. The second-order valence-corrected chi connectivity index (χ2v) is 3.52. The van der Waals surface area contributed by atoms with Crippen LogP contribution in [0.4, 0.5) is 5.69 Å². The standard InChI is InChI=1S/C11H8ClN3O/c12-9-1-3-10(4-2-9)15-11(16)8-5-13-7-14-6-8/h1-7H,(H,15,16). The van der Waals surface area contributed by atoms with Crippen molar-refractivity contribution >= 4 is 23.2 Å². The van der Waals surface area contributed by atoms with Crippen molar-refractivity contribution in [3.05, 3.63) is 53.6 Å². The van der Waals surface area contributed by atoms with Gasteiger partial charge in [-0.1, -0.05) is 11.6 Å². The summed E-state index contributed by atoms with van der Waals surface area (Å²) in [5, 5.41) is 3.33. The Balaban J connectivity index is 2.11. The molecule has 0 fully saturated rings. The number of nitrogens with one attached hydrogen (secondary N) is 1. The molecule has 0 aliphatic carbocycles. The van der Waals surface area contributed by atoms with E-state index in [-0.39, 0.29) is 5.91 Å². The maximum Gasteiger partial charge on any atom is 0.258 e. The van der Waals surface area contributed by atoms with Gasteiger partial charge in [-0.25, -0.2) is 9.97 Å². The molecule has 0 unspecified atom stereocenters. The van der Waals surface area contributed by atoms with Gasteiger partial charge in [-0.2, -0.15) is 0 Å². The van der Waals surface area contributed by atoms with Gasteiger partial charge in [0.05, 0.1) is 5.56 Å². The molecule has 1 N–H and O–H groups in total. The Morgan fingerprint density at radius 3 is 2.38 bits per heavy atom. The molecule has 1 aromatic heterocycles. The average Bonchev–Trinajstić information content (AvgIpc) is 2.33. The molecule has 1 heterocycles. The van der Waals surface area contributed by atoms with Crippen LogP contribution >= 0.6 is 11.6 Å². The van der Waals surface area contributed by atoms with Gasteiger partial charge in [-0.3, -0.25) is 4.79 Å². The van der Waals surface area contributed by atoms with E-state index >= 15 is 0 Å². The summed E-state index contributed by atoms with van der Waals surface area (Å²) in [6, 6.07) is 6.87. The second kappa shape index (κ2) is 4.72. The number of aromatic nitrogens is 2. The first-order valence-corrected chi connectivity index (χ1v) is 4.95. The van der Waals surface area contributed by atoms with Crippen LogP contribution in [-0.2, 0) is 0 Å². The lowest BCUT2D eigenvalue weighted by molar-refractivity contribution is 0.102. The summed E-state index contributed by atoms with van der Waals surface area (Å²) >= 11 is 5.73. The maximum atomic E-state index is 11.7. The fourth-order valence-electron chi connectivity index (χ4n) is 1.15. The largest absolute Gasteiger partial charge is 0.322 e. The van der Waals surface area contributed by atoms with Crippen LogP contribution in [0.5, 0.6) is 0 Å². The van der Waals surface area contributed by atoms with Crippen molar-refractivity contribution in [2.24, 2.45) is 0 Å². The molecule has 1 amide bonds. The molecule has 5 heteroatoms. The highest BCUT2D eigenvalue weighted by Crippen LogP contribution is 2.14. The van der Waals surface area contributed by atoms with Crippen molar-refractivity contribution in [1.82, 2.24) is 9.97 Å². The molecule has 0 aliphatic rings. The van der Waals surface area contributed by atoms with Crippen molar-refractivity contribution in [2.45, 2.75) is 0 Å². The van der Waals surface area contributed by atoms with Gasteiger partial charge in [-0.15, -0.1) is 0 Å². The van der Waals surface area contributed by atoms with E-state index in [9.17, 15) is 4.79 Å². The van der Waals surface area contributed by atoms with Gasteiger partial charge in [0.1, 0.15) is 6.33 Å². The van der Waals surface area contributed by atoms with Crippen LogP contribution in [0.25, 0.3) is 0 Å². The number of hydrogen-bond donors (Lipinski definition) is 1. The first-order chi connectivity index (χ1) is 7.75. The predicted octanol–water partition coefficient (Wildman–Crippen LogP) is 2.38. The number of benzene rings is 1. The van der Waals surface area contributed by atoms with Gasteiger partial charge in [0.2, 0.25) is 0 Å². The van der Waals surface area contributed by atoms with E-state index in [1.807, 2.05) is 0 Å². The van der Waals surface area contributed by atoms with E-state index in [0.29, 0.717) is 16.3 Å². The van der Waals surface area contributed by atoms with Crippen molar-refractivity contribution in [2.75, 3.05) is 5.32 Å². The number of carbonyl (C=O) groups excluding carboxylic acids is 1. The van der Waals surface area contributed by atoms with Gasteiger partial charge in [0.15, 0.2) is 0 Å². The minimum absolute atomic E-state index is 0.247. The lowest BCUT2D eigenvalue weighted by atomic mass is 10.3. The van der Waals surface area contributed by atoms with Gasteiger partial charge < -0.3 is 5.32 Å².